The van der Waals surface area contributed by atoms with Crippen LogP contribution in [0.3, 0.4) is 0 Å². The normalized spacial score (nSPS) is 19.8. The van der Waals surface area contributed by atoms with E-state index in [9.17, 15) is 13.5 Å². The second-order valence-electron chi connectivity index (χ2n) is 5.30. The molecule has 0 unspecified atom stereocenters. The third-order valence-electron chi connectivity index (χ3n) is 3.63. The molecule has 20 heavy (non-hydrogen) atoms. The number of ether oxygens (including phenoxy) is 1. The van der Waals surface area contributed by atoms with Gasteiger partial charge in [0.1, 0.15) is 10.6 Å². The molecule has 7 heteroatoms. The summed E-state index contributed by atoms with van der Waals surface area (Å²) < 4.78 is 31.5. The number of methoxy groups -OCH3 is 1. The number of hydrogen-bond acceptors (Lipinski definition) is 5. The fourth-order valence-electron chi connectivity index (χ4n) is 2.24. The molecule has 0 aliphatic carbocycles. The number of nitrogens with zero attached hydrogens (tertiary/aromatic N) is 1. The largest absolute Gasteiger partial charge is 0.497 e. The Morgan fingerprint density at radius 1 is 1.35 bits per heavy atom. The Balaban J connectivity index is 2.27. The lowest BCUT2D eigenvalue weighted by molar-refractivity contribution is 0.0126. The SMILES string of the molecule is COc1ccc(S(=O)(=O)N2CCC(C)(O)CC2)c(N)c1. The number of nitrogens with two attached hydrogens (primary N) is 1. The molecule has 112 valence electrons. The van der Waals surface area contributed by atoms with E-state index < -0.39 is 15.6 Å². The molecule has 1 fully saturated rings. The Bertz CT molecular complexity index is 588. The quantitative estimate of drug-likeness (QED) is 0.806. The van der Waals surface area contributed by atoms with Gasteiger partial charge in [0.2, 0.25) is 10.0 Å². The summed E-state index contributed by atoms with van der Waals surface area (Å²) in [6.07, 6.45) is 0.838. The maximum Gasteiger partial charge on any atom is 0.245 e. The smallest absolute Gasteiger partial charge is 0.245 e. The molecule has 0 aromatic heterocycles. The van der Waals surface area contributed by atoms with E-state index in [1.54, 1.807) is 13.0 Å². The highest BCUT2D eigenvalue weighted by atomic mass is 32.2. The standard InChI is InChI=1S/C13H20N2O4S/c1-13(16)5-7-15(8-6-13)20(17,18)12-4-3-10(19-2)9-11(12)14/h3-4,9,16H,5-8,14H2,1-2H3. The summed E-state index contributed by atoms with van der Waals surface area (Å²) in [4.78, 5) is 0.0832. The summed E-state index contributed by atoms with van der Waals surface area (Å²) in [7, 11) is -2.13. The lowest BCUT2D eigenvalue weighted by atomic mass is 9.95. The van der Waals surface area contributed by atoms with Gasteiger partial charge in [-0.05, 0) is 31.9 Å². The molecule has 1 aromatic rings. The molecule has 0 atom stereocenters. The van der Waals surface area contributed by atoms with Crippen molar-refractivity contribution in [2.75, 3.05) is 25.9 Å². The fourth-order valence-corrected chi connectivity index (χ4v) is 3.77. The first-order valence-corrected chi connectivity index (χ1v) is 7.86. The average molecular weight is 300 g/mol. The molecule has 1 heterocycles. The first-order valence-electron chi connectivity index (χ1n) is 6.42. The van der Waals surface area contributed by atoms with E-state index in [4.69, 9.17) is 10.5 Å². The van der Waals surface area contributed by atoms with Crippen LogP contribution in [0.15, 0.2) is 23.1 Å². The Labute approximate surface area is 119 Å². The molecule has 1 aliphatic rings. The molecule has 0 amide bonds. The minimum atomic E-state index is -3.63. The van der Waals surface area contributed by atoms with Crippen LogP contribution < -0.4 is 10.5 Å². The van der Waals surface area contributed by atoms with Gasteiger partial charge < -0.3 is 15.6 Å². The average Bonchev–Trinajstić information content (AvgIpc) is 2.37. The van der Waals surface area contributed by atoms with Gasteiger partial charge in [0.25, 0.3) is 0 Å². The van der Waals surface area contributed by atoms with Crippen molar-refractivity contribution in [1.29, 1.82) is 0 Å². The zero-order chi connectivity index (χ0) is 15.0. The number of nitrogen functional groups attached to an aromatic ring is 1. The number of piperidine rings is 1. The summed E-state index contributed by atoms with van der Waals surface area (Å²) in [5.41, 5.74) is 5.18. The lowest BCUT2D eigenvalue weighted by Crippen LogP contribution is -2.45. The van der Waals surface area contributed by atoms with Crippen LogP contribution in [-0.2, 0) is 10.0 Å². The number of rotatable bonds is 3. The Hall–Kier alpha value is -1.31. The Morgan fingerprint density at radius 3 is 2.45 bits per heavy atom. The first-order chi connectivity index (χ1) is 9.26. The molecule has 0 radical (unpaired) electrons. The molecule has 2 rings (SSSR count). The highest BCUT2D eigenvalue weighted by Gasteiger charge is 2.34. The second kappa shape index (κ2) is 5.23. The zero-order valence-electron chi connectivity index (χ0n) is 11.7. The summed E-state index contributed by atoms with van der Waals surface area (Å²) >= 11 is 0. The van der Waals surface area contributed by atoms with Crippen molar-refractivity contribution in [3.63, 3.8) is 0 Å². The Morgan fingerprint density at radius 2 is 1.95 bits per heavy atom. The van der Waals surface area contributed by atoms with E-state index in [1.165, 1.54) is 23.5 Å². The van der Waals surface area contributed by atoms with Crippen molar-refractivity contribution in [1.82, 2.24) is 4.31 Å². The van der Waals surface area contributed by atoms with E-state index in [-0.39, 0.29) is 10.6 Å². The van der Waals surface area contributed by atoms with Gasteiger partial charge in [-0.3, -0.25) is 0 Å². The highest BCUT2D eigenvalue weighted by molar-refractivity contribution is 7.89. The highest BCUT2D eigenvalue weighted by Crippen LogP contribution is 2.30. The molecule has 3 N–H and O–H groups in total. The number of sulfonamides is 1. The minimum Gasteiger partial charge on any atom is -0.497 e. The lowest BCUT2D eigenvalue weighted by Gasteiger charge is -2.35. The molecule has 0 bridgehead atoms. The third-order valence-corrected chi connectivity index (χ3v) is 5.61. The maximum absolute atomic E-state index is 12.5. The van der Waals surface area contributed by atoms with Gasteiger partial charge in [0, 0.05) is 19.2 Å². The number of hydrogen-bond donors (Lipinski definition) is 2. The van der Waals surface area contributed by atoms with Crippen molar-refractivity contribution in [3.8, 4) is 5.75 Å². The zero-order valence-corrected chi connectivity index (χ0v) is 12.5. The second-order valence-corrected chi connectivity index (χ2v) is 7.21. The van der Waals surface area contributed by atoms with Gasteiger partial charge in [0.05, 0.1) is 18.4 Å². The summed E-state index contributed by atoms with van der Waals surface area (Å²) in [6.45, 7) is 2.31. The molecule has 0 spiro atoms. The van der Waals surface area contributed by atoms with Gasteiger partial charge in [-0.15, -0.1) is 0 Å². The van der Waals surface area contributed by atoms with Crippen LogP contribution in [-0.4, -0.2) is 43.6 Å². The maximum atomic E-state index is 12.5. The van der Waals surface area contributed by atoms with E-state index >= 15 is 0 Å². The molecular weight excluding hydrogens is 280 g/mol. The van der Waals surface area contributed by atoms with E-state index in [1.807, 2.05) is 0 Å². The first kappa shape index (κ1) is 15.1. The molecule has 6 nitrogen and oxygen atoms in total. The minimum absolute atomic E-state index is 0.0832. The van der Waals surface area contributed by atoms with Gasteiger partial charge >= 0.3 is 0 Å². The molecule has 1 saturated heterocycles. The van der Waals surface area contributed by atoms with E-state index in [0.717, 1.165) is 0 Å². The third kappa shape index (κ3) is 2.89. The van der Waals surface area contributed by atoms with Crippen molar-refractivity contribution >= 4 is 15.7 Å². The fraction of sp³-hybridized carbons (Fsp3) is 0.538. The predicted molar refractivity (Wildman–Crippen MR) is 76.0 cm³/mol. The number of aliphatic hydroxyl groups is 1. The summed E-state index contributed by atoms with van der Waals surface area (Å²) in [5, 5.41) is 9.89. The van der Waals surface area contributed by atoms with Crippen LogP contribution in [0.25, 0.3) is 0 Å². The van der Waals surface area contributed by atoms with Crippen LogP contribution in [0.4, 0.5) is 5.69 Å². The summed E-state index contributed by atoms with van der Waals surface area (Å²) in [5.74, 6) is 0.517. The molecule has 1 aliphatic heterocycles. The molecule has 0 saturated carbocycles. The number of benzene rings is 1. The van der Waals surface area contributed by atoms with Crippen molar-refractivity contribution < 1.29 is 18.3 Å². The van der Waals surface area contributed by atoms with Gasteiger partial charge in [-0.2, -0.15) is 4.31 Å². The van der Waals surface area contributed by atoms with Gasteiger partial charge in [0.15, 0.2) is 0 Å². The predicted octanol–water partition coefficient (Wildman–Crippen LogP) is 0.813. The van der Waals surface area contributed by atoms with Crippen molar-refractivity contribution in [2.45, 2.75) is 30.3 Å². The Kier molecular flexibility index (Phi) is 3.95. The van der Waals surface area contributed by atoms with Crippen LogP contribution in [0.1, 0.15) is 19.8 Å². The van der Waals surface area contributed by atoms with Gasteiger partial charge in [-0.25, -0.2) is 8.42 Å². The monoisotopic (exact) mass is 300 g/mol. The van der Waals surface area contributed by atoms with Crippen LogP contribution in [0.5, 0.6) is 5.75 Å². The van der Waals surface area contributed by atoms with E-state index in [2.05, 4.69) is 0 Å². The van der Waals surface area contributed by atoms with Gasteiger partial charge in [-0.1, -0.05) is 0 Å². The topological polar surface area (TPSA) is 92.9 Å². The molecular formula is C13H20N2O4S. The van der Waals surface area contributed by atoms with Crippen LogP contribution in [0.2, 0.25) is 0 Å². The molecule has 1 aromatic carbocycles. The van der Waals surface area contributed by atoms with Crippen molar-refractivity contribution in [2.24, 2.45) is 0 Å². The summed E-state index contributed by atoms with van der Waals surface area (Å²) in [6, 6.07) is 4.52. The number of anilines is 1. The van der Waals surface area contributed by atoms with Crippen molar-refractivity contribution in [3.05, 3.63) is 18.2 Å². The van der Waals surface area contributed by atoms with E-state index in [0.29, 0.717) is 31.7 Å². The van der Waals surface area contributed by atoms with Crippen LogP contribution in [0, 0.1) is 0 Å². The van der Waals surface area contributed by atoms with Crippen LogP contribution >= 0.6 is 0 Å².